The predicted octanol–water partition coefficient (Wildman–Crippen LogP) is 1.98. The van der Waals surface area contributed by atoms with E-state index in [2.05, 4.69) is 20.0 Å². The predicted molar refractivity (Wildman–Crippen MR) is 102 cm³/mol. The lowest BCUT2D eigenvalue weighted by Crippen LogP contribution is -2.46. The molecule has 0 unspecified atom stereocenters. The van der Waals surface area contributed by atoms with Crippen molar-refractivity contribution in [1.29, 1.82) is 0 Å². The second-order valence-electron chi connectivity index (χ2n) is 7.60. The Balaban J connectivity index is 1.29. The fourth-order valence-electron chi connectivity index (χ4n) is 4.09. The molecule has 0 N–H and O–H groups in total. The Bertz CT molecular complexity index is 767. The number of aromatic nitrogens is 3. The van der Waals surface area contributed by atoms with E-state index in [9.17, 15) is 4.79 Å². The third-order valence-electron chi connectivity index (χ3n) is 5.74. The van der Waals surface area contributed by atoms with Crippen molar-refractivity contribution in [1.82, 2.24) is 24.9 Å². The maximum Gasteiger partial charge on any atom is 0.246 e. The van der Waals surface area contributed by atoms with Crippen LogP contribution in [0.4, 0.5) is 0 Å². The smallest absolute Gasteiger partial charge is 0.246 e. The van der Waals surface area contributed by atoms with Gasteiger partial charge < -0.3 is 19.1 Å². The molecule has 8 heteroatoms. The Labute approximate surface area is 164 Å². The number of ether oxygens (including phenoxy) is 1. The van der Waals surface area contributed by atoms with Crippen LogP contribution in [-0.4, -0.2) is 70.2 Å². The summed E-state index contributed by atoms with van der Waals surface area (Å²) in [5.41, 5.74) is 0.847. The van der Waals surface area contributed by atoms with E-state index in [1.165, 1.54) is 0 Å². The minimum Gasteiger partial charge on any atom is -0.381 e. The third-order valence-corrected chi connectivity index (χ3v) is 5.74. The zero-order valence-electron chi connectivity index (χ0n) is 16.3. The lowest BCUT2D eigenvalue weighted by atomic mass is 9.93. The number of carbonyl (C=O) groups excluding carboxylic acids is 1. The van der Waals surface area contributed by atoms with Crippen molar-refractivity contribution < 1.29 is 14.1 Å². The van der Waals surface area contributed by atoms with E-state index in [0.29, 0.717) is 24.3 Å². The monoisotopic (exact) mass is 385 g/mol. The first-order valence-electron chi connectivity index (χ1n) is 10.0. The number of pyridine rings is 1. The highest BCUT2D eigenvalue weighted by Gasteiger charge is 2.31. The molecule has 28 heavy (non-hydrogen) atoms. The van der Waals surface area contributed by atoms with Crippen LogP contribution in [0.3, 0.4) is 0 Å². The number of piperidine rings is 1. The van der Waals surface area contributed by atoms with Crippen molar-refractivity contribution in [2.24, 2.45) is 5.92 Å². The molecule has 0 atom stereocenters. The Morgan fingerprint density at radius 1 is 1.18 bits per heavy atom. The van der Waals surface area contributed by atoms with Crippen molar-refractivity contribution in [3.8, 4) is 11.4 Å². The summed E-state index contributed by atoms with van der Waals surface area (Å²) in [7, 11) is 1.81. The van der Waals surface area contributed by atoms with Gasteiger partial charge in [-0.25, -0.2) is 0 Å². The van der Waals surface area contributed by atoms with Gasteiger partial charge in [0.2, 0.25) is 17.6 Å². The van der Waals surface area contributed by atoms with Crippen LogP contribution in [0.5, 0.6) is 0 Å². The highest BCUT2D eigenvalue weighted by Crippen LogP contribution is 2.25. The highest BCUT2D eigenvalue weighted by molar-refractivity contribution is 5.78. The van der Waals surface area contributed by atoms with Gasteiger partial charge in [-0.3, -0.25) is 9.78 Å². The normalized spacial score (nSPS) is 19.6. The molecule has 0 aromatic carbocycles. The van der Waals surface area contributed by atoms with Crippen LogP contribution >= 0.6 is 0 Å². The van der Waals surface area contributed by atoms with Gasteiger partial charge in [-0.05, 0) is 50.9 Å². The molecule has 2 aliphatic rings. The number of amides is 1. The summed E-state index contributed by atoms with van der Waals surface area (Å²) >= 11 is 0. The molecule has 0 radical (unpaired) electrons. The fourth-order valence-corrected chi connectivity index (χ4v) is 4.09. The van der Waals surface area contributed by atoms with Gasteiger partial charge in [0.1, 0.15) is 0 Å². The van der Waals surface area contributed by atoms with E-state index in [1.54, 1.807) is 17.3 Å². The van der Waals surface area contributed by atoms with Crippen LogP contribution < -0.4 is 0 Å². The first-order chi connectivity index (χ1) is 13.7. The third kappa shape index (κ3) is 4.39. The molecule has 8 nitrogen and oxygen atoms in total. The quantitative estimate of drug-likeness (QED) is 0.778. The molecule has 2 aromatic rings. The van der Waals surface area contributed by atoms with Gasteiger partial charge >= 0.3 is 0 Å². The number of carbonyl (C=O) groups is 1. The summed E-state index contributed by atoms with van der Waals surface area (Å²) in [6.07, 6.45) is 7.41. The van der Waals surface area contributed by atoms with Crippen molar-refractivity contribution in [3.63, 3.8) is 0 Å². The molecule has 2 aromatic heterocycles. The molecule has 0 saturated carbocycles. The SMILES string of the molecule is CN(Cc1nc(-c2ccncc2)no1)C(=O)C1CCN(C2CCOCC2)CC1. The average Bonchev–Trinajstić information content (AvgIpc) is 3.23. The molecule has 0 bridgehead atoms. The Kier molecular flexibility index (Phi) is 5.97. The largest absolute Gasteiger partial charge is 0.381 e. The van der Waals surface area contributed by atoms with Crippen molar-refractivity contribution in [2.75, 3.05) is 33.4 Å². The molecule has 2 fully saturated rings. The molecule has 2 aliphatic heterocycles. The molecule has 4 heterocycles. The van der Waals surface area contributed by atoms with E-state index in [1.807, 2.05) is 19.2 Å². The van der Waals surface area contributed by atoms with E-state index < -0.39 is 0 Å². The number of nitrogens with zero attached hydrogens (tertiary/aromatic N) is 5. The number of likely N-dealkylation sites (tertiary alicyclic amines) is 1. The Morgan fingerprint density at radius 2 is 1.89 bits per heavy atom. The first-order valence-corrected chi connectivity index (χ1v) is 10.0. The zero-order valence-corrected chi connectivity index (χ0v) is 16.3. The summed E-state index contributed by atoms with van der Waals surface area (Å²) in [5.74, 6) is 1.20. The van der Waals surface area contributed by atoms with Gasteiger partial charge in [0.15, 0.2) is 0 Å². The summed E-state index contributed by atoms with van der Waals surface area (Å²) in [6.45, 7) is 4.02. The van der Waals surface area contributed by atoms with Gasteiger partial charge in [-0.1, -0.05) is 5.16 Å². The van der Waals surface area contributed by atoms with Gasteiger partial charge in [-0.15, -0.1) is 0 Å². The van der Waals surface area contributed by atoms with Crippen LogP contribution in [-0.2, 0) is 16.1 Å². The first kappa shape index (κ1) is 19.0. The van der Waals surface area contributed by atoms with Gasteiger partial charge in [-0.2, -0.15) is 4.98 Å². The molecule has 150 valence electrons. The second-order valence-corrected chi connectivity index (χ2v) is 7.60. The van der Waals surface area contributed by atoms with Crippen LogP contribution in [0.2, 0.25) is 0 Å². The number of hydrogen-bond acceptors (Lipinski definition) is 7. The molecule has 1 amide bonds. The van der Waals surface area contributed by atoms with E-state index in [-0.39, 0.29) is 11.8 Å². The second kappa shape index (κ2) is 8.79. The minimum atomic E-state index is 0.0729. The Morgan fingerprint density at radius 3 is 2.61 bits per heavy atom. The highest BCUT2D eigenvalue weighted by atomic mass is 16.5. The van der Waals surface area contributed by atoms with Crippen molar-refractivity contribution >= 4 is 5.91 Å². The van der Waals surface area contributed by atoms with Gasteiger partial charge in [0.25, 0.3) is 0 Å². The average molecular weight is 385 g/mol. The van der Waals surface area contributed by atoms with Crippen LogP contribution in [0.15, 0.2) is 29.0 Å². The number of hydrogen-bond donors (Lipinski definition) is 0. The summed E-state index contributed by atoms with van der Waals surface area (Å²) < 4.78 is 10.8. The lowest BCUT2D eigenvalue weighted by Gasteiger charge is -2.39. The fraction of sp³-hybridized carbons (Fsp3) is 0.600. The standard InChI is InChI=1S/C20H27N5O3/c1-24(14-18-22-19(23-28-18)15-2-8-21-9-3-15)20(26)16-4-10-25(11-5-16)17-6-12-27-13-7-17/h2-3,8-9,16-17H,4-7,10-14H2,1H3. The van der Waals surface area contributed by atoms with Crippen LogP contribution in [0.25, 0.3) is 11.4 Å². The number of rotatable bonds is 5. The minimum absolute atomic E-state index is 0.0729. The van der Waals surface area contributed by atoms with E-state index in [4.69, 9.17) is 9.26 Å². The van der Waals surface area contributed by atoms with Crippen LogP contribution in [0.1, 0.15) is 31.6 Å². The summed E-state index contributed by atoms with van der Waals surface area (Å²) in [4.78, 5) is 25.5. The zero-order chi connectivity index (χ0) is 19.3. The maximum atomic E-state index is 12.9. The van der Waals surface area contributed by atoms with Gasteiger partial charge in [0, 0.05) is 50.2 Å². The molecule has 4 rings (SSSR count). The molecular formula is C20H27N5O3. The Hall–Kier alpha value is -2.32. The molecular weight excluding hydrogens is 358 g/mol. The molecule has 0 spiro atoms. The lowest BCUT2D eigenvalue weighted by molar-refractivity contribution is -0.137. The van der Waals surface area contributed by atoms with Crippen molar-refractivity contribution in [3.05, 3.63) is 30.4 Å². The molecule has 2 saturated heterocycles. The topological polar surface area (TPSA) is 84.6 Å². The maximum absolute atomic E-state index is 12.9. The van der Waals surface area contributed by atoms with E-state index in [0.717, 1.165) is 57.6 Å². The van der Waals surface area contributed by atoms with Crippen LogP contribution in [0, 0.1) is 5.92 Å². The summed E-state index contributed by atoms with van der Waals surface area (Å²) in [5, 5.41) is 4.00. The van der Waals surface area contributed by atoms with Gasteiger partial charge in [0.05, 0.1) is 6.54 Å². The molecule has 0 aliphatic carbocycles. The van der Waals surface area contributed by atoms with E-state index >= 15 is 0 Å². The van der Waals surface area contributed by atoms with Crippen molar-refractivity contribution in [2.45, 2.75) is 38.3 Å². The summed E-state index contributed by atoms with van der Waals surface area (Å²) in [6, 6.07) is 4.28.